The third-order valence-electron chi connectivity index (χ3n) is 2.22. The van der Waals surface area contributed by atoms with Crippen LogP contribution in [-0.4, -0.2) is 30.9 Å². The lowest BCUT2D eigenvalue weighted by atomic mass is 10.2. The number of carbonyl (C=O) groups excluding carboxylic acids is 1. The molecule has 1 rings (SSSR count). The van der Waals surface area contributed by atoms with Crippen LogP contribution in [0, 0.1) is 18.3 Å². The van der Waals surface area contributed by atoms with Gasteiger partial charge in [0.05, 0.1) is 19.2 Å². The number of benzene rings is 1. The van der Waals surface area contributed by atoms with Gasteiger partial charge in [0.15, 0.2) is 0 Å². The molecule has 90 valence electrons. The number of hydrogen-bond acceptors (Lipinski definition) is 3. The van der Waals surface area contributed by atoms with Crippen LogP contribution >= 0.6 is 15.9 Å². The van der Waals surface area contributed by atoms with Crippen molar-refractivity contribution < 1.29 is 4.79 Å². The van der Waals surface area contributed by atoms with E-state index in [9.17, 15) is 4.79 Å². The SMILES string of the molecule is Cc1cc(Br)ccc1NC(=O)CN(C)CC#N. The third-order valence-corrected chi connectivity index (χ3v) is 2.71. The molecule has 5 heteroatoms. The molecule has 4 nitrogen and oxygen atoms in total. The average molecular weight is 296 g/mol. The quantitative estimate of drug-likeness (QED) is 0.866. The van der Waals surface area contributed by atoms with Gasteiger partial charge in [-0.15, -0.1) is 0 Å². The van der Waals surface area contributed by atoms with Gasteiger partial charge in [0, 0.05) is 10.2 Å². The summed E-state index contributed by atoms with van der Waals surface area (Å²) in [6.07, 6.45) is 0. The monoisotopic (exact) mass is 295 g/mol. The molecule has 0 heterocycles. The standard InChI is InChI=1S/C12H14BrN3O/c1-9-7-10(13)3-4-11(9)15-12(17)8-16(2)6-5-14/h3-4,7H,6,8H2,1-2H3,(H,15,17). The summed E-state index contributed by atoms with van der Waals surface area (Å²) >= 11 is 3.37. The lowest BCUT2D eigenvalue weighted by Gasteiger charge is -2.13. The van der Waals surface area contributed by atoms with Gasteiger partial charge in [0.25, 0.3) is 0 Å². The van der Waals surface area contributed by atoms with Crippen LogP contribution in [0.5, 0.6) is 0 Å². The van der Waals surface area contributed by atoms with E-state index in [1.807, 2.05) is 31.2 Å². The molecule has 1 amide bonds. The maximum Gasteiger partial charge on any atom is 0.238 e. The first-order chi connectivity index (χ1) is 8.02. The van der Waals surface area contributed by atoms with E-state index in [0.717, 1.165) is 15.7 Å². The van der Waals surface area contributed by atoms with Crippen LogP contribution in [-0.2, 0) is 4.79 Å². The minimum Gasteiger partial charge on any atom is -0.325 e. The van der Waals surface area contributed by atoms with Gasteiger partial charge in [-0.2, -0.15) is 5.26 Å². The summed E-state index contributed by atoms with van der Waals surface area (Å²) in [6, 6.07) is 7.66. The molecule has 0 saturated carbocycles. The van der Waals surface area contributed by atoms with E-state index in [4.69, 9.17) is 5.26 Å². The molecule has 0 spiro atoms. The molecular weight excluding hydrogens is 282 g/mol. The Bertz CT molecular complexity index is 454. The van der Waals surface area contributed by atoms with Gasteiger partial charge >= 0.3 is 0 Å². The number of likely N-dealkylation sites (N-methyl/N-ethyl adjacent to an activating group) is 1. The molecule has 0 aliphatic rings. The first kappa shape index (κ1) is 13.7. The molecule has 17 heavy (non-hydrogen) atoms. The van der Waals surface area contributed by atoms with E-state index < -0.39 is 0 Å². The van der Waals surface area contributed by atoms with Gasteiger partial charge < -0.3 is 5.32 Å². The summed E-state index contributed by atoms with van der Waals surface area (Å²) in [4.78, 5) is 13.3. The maximum absolute atomic E-state index is 11.7. The van der Waals surface area contributed by atoms with Crippen LogP contribution in [0.25, 0.3) is 0 Å². The molecule has 1 aromatic carbocycles. The number of hydrogen-bond donors (Lipinski definition) is 1. The number of amides is 1. The smallest absolute Gasteiger partial charge is 0.238 e. The largest absolute Gasteiger partial charge is 0.325 e. The fourth-order valence-corrected chi connectivity index (χ4v) is 1.85. The Labute approximate surface area is 109 Å². The first-order valence-electron chi connectivity index (χ1n) is 5.14. The normalized spacial score (nSPS) is 10.1. The van der Waals surface area contributed by atoms with Crippen LogP contribution in [0.2, 0.25) is 0 Å². The second-order valence-corrected chi connectivity index (χ2v) is 4.75. The van der Waals surface area contributed by atoms with Crippen molar-refractivity contribution in [3.8, 4) is 6.07 Å². The zero-order valence-corrected chi connectivity index (χ0v) is 11.4. The highest BCUT2D eigenvalue weighted by atomic mass is 79.9. The van der Waals surface area contributed by atoms with Crippen molar-refractivity contribution in [1.82, 2.24) is 4.90 Å². The van der Waals surface area contributed by atoms with E-state index in [2.05, 4.69) is 21.2 Å². The number of halogens is 1. The molecular formula is C12H14BrN3O. The first-order valence-corrected chi connectivity index (χ1v) is 5.93. The van der Waals surface area contributed by atoms with Crippen LogP contribution in [0.4, 0.5) is 5.69 Å². The van der Waals surface area contributed by atoms with Crippen molar-refractivity contribution in [1.29, 1.82) is 5.26 Å². The number of nitrogens with zero attached hydrogens (tertiary/aromatic N) is 2. The Hall–Kier alpha value is -1.38. The Morgan fingerprint density at radius 1 is 1.59 bits per heavy atom. The van der Waals surface area contributed by atoms with Crippen molar-refractivity contribution in [3.05, 3.63) is 28.2 Å². The molecule has 0 saturated heterocycles. The predicted molar refractivity (Wildman–Crippen MR) is 70.6 cm³/mol. The lowest BCUT2D eigenvalue weighted by Crippen LogP contribution is -2.30. The lowest BCUT2D eigenvalue weighted by molar-refractivity contribution is -0.116. The van der Waals surface area contributed by atoms with Gasteiger partial charge in [-0.3, -0.25) is 9.69 Å². The van der Waals surface area contributed by atoms with E-state index in [1.54, 1.807) is 11.9 Å². The topological polar surface area (TPSA) is 56.1 Å². The molecule has 0 aliphatic carbocycles. The van der Waals surface area contributed by atoms with Crippen LogP contribution < -0.4 is 5.32 Å². The summed E-state index contributed by atoms with van der Waals surface area (Å²) in [6.45, 7) is 2.38. The fourth-order valence-electron chi connectivity index (χ4n) is 1.38. The van der Waals surface area contributed by atoms with E-state index in [0.29, 0.717) is 0 Å². The number of nitriles is 1. The zero-order chi connectivity index (χ0) is 12.8. The summed E-state index contributed by atoms with van der Waals surface area (Å²) in [5, 5.41) is 11.3. The molecule has 0 radical (unpaired) electrons. The molecule has 0 unspecified atom stereocenters. The van der Waals surface area contributed by atoms with Gasteiger partial charge in [0.2, 0.25) is 5.91 Å². The van der Waals surface area contributed by atoms with Gasteiger partial charge in [-0.05, 0) is 37.7 Å². The van der Waals surface area contributed by atoms with Crippen molar-refractivity contribution in [2.75, 3.05) is 25.5 Å². The Balaban J connectivity index is 2.60. The number of aryl methyl sites for hydroxylation is 1. The average Bonchev–Trinajstić information content (AvgIpc) is 2.22. The van der Waals surface area contributed by atoms with E-state index >= 15 is 0 Å². The molecule has 0 atom stereocenters. The Morgan fingerprint density at radius 3 is 2.88 bits per heavy atom. The Kier molecular flexibility index (Phi) is 5.13. The van der Waals surface area contributed by atoms with E-state index in [1.165, 1.54) is 0 Å². The summed E-state index contributed by atoms with van der Waals surface area (Å²) in [5.74, 6) is -0.117. The second-order valence-electron chi connectivity index (χ2n) is 3.84. The highest BCUT2D eigenvalue weighted by Crippen LogP contribution is 2.19. The highest BCUT2D eigenvalue weighted by Gasteiger charge is 2.07. The van der Waals surface area contributed by atoms with Crippen LogP contribution in [0.3, 0.4) is 0 Å². The minimum atomic E-state index is -0.117. The van der Waals surface area contributed by atoms with E-state index in [-0.39, 0.29) is 19.0 Å². The molecule has 1 aromatic rings. The maximum atomic E-state index is 11.7. The minimum absolute atomic E-state index is 0.117. The van der Waals surface area contributed by atoms with Crippen LogP contribution in [0.15, 0.2) is 22.7 Å². The third kappa shape index (κ3) is 4.55. The van der Waals surface area contributed by atoms with Crippen molar-refractivity contribution in [3.63, 3.8) is 0 Å². The fraction of sp³-hybridized carbons (Fsp3) is 0.333. The number of carbonyl (C=O) groups is 1. The molecule has 0 fully saturated rings. The molecule has 0 bridgehead atoms. The number of rotatable bonds is 4. The second kappa shape index (κ2) is 6.38. The zero-order valence-electron chi connectivity index (χ0n) is 9.83. The molecule has 0 aliphatic heterocycles. The number of anilines is 1. The van der Waals surface area contributed by atoms with Gasteiger partial charge in [-0.25, -0.2) is 0 Å². The summed E-state index contributed by atoms with van der Waals surface area (Å²) < 4.78 is 0.981. The number of nitrogens with one attached hydrogen (secondary N) is 1. The molecule has 0 aromatic heterocycles. The van der Waals surface area contributed by atoms with Crippen LogP contribution in [0.1, 0.15) is 5.56 Å². The summed E-state index contributed by atoms with van der Waals surface area (Å²) in [5.41, 5.74) is 1.79. The predicted octanol–water partition coefficient (Wildman–Crippen LogP) is 2.15. The van der Waals surface area contributed by atoms with Crippen molar-refractivity contribution in [2.24, 2.45) is 0 Å². The van der Waals surface area contributed by atoms with Gasteiger partial charge in [-0.1, -0.05) is 15.9 Å². The molecule has 1 N–H and O–H groups in total. The Morgan fingerprint density at radius 2 is 2.29 bits per heavy atom. The summed E-state index contributed by atoms with van der Waals surface area (Å²) in [7, 11) is 1.73. The van der Waals surface area contributed by atoms with Crippen molar-refractivity contribution >= 4 is 27.5 Å². The van der Waals surface area contributed by atoms with Gasteiger partial charge in [0.1, 0.15) is 0 Å². The van der Waals surface area contributed by atoms with Crippen molar-refractivity contribution in [2.45, 2.75) is 6.92 Å². The highest BCUT2D eigenvalue weighted by molar-refractivity contribution is 9.10.